The Bertz CT molecular complexity index is 868. The highest BCUT2D eigenvalue weighted by Gasteiger charge is 2.12. The topological polar surface area (TPSA) is 44.5 Å². The van der Waals surface area contributed by atoms with E-state index >= 15 is 0 Å². The summed E-state index contributed by atoms with van der Waals surface area (Å²) in [5.74, 6) is 0.350. The van der Waals surface area contributed by atoms with Crippen molar-refractivity contribution in [2.45, 2.75) is 19.4 Å². The minimum atomic E-state index is 0.350. The zero-order valence-electron chi connectivity index (χ0n) is 11.7. The van der Waals surface area contributed by atoms with E-state index in [0.29, 0.717) is 16.3 Å². The second-order valence-electron chi connectivity index (χ2n) is 5.16. The minimum absolute atomic E-state index is 0.350. The van der Waals surface area contributed by atoms with Crippen molar-refractivity contribution in [2.24, 2.45) is 0 Å². The number of nitriles is 1. The van der Waals surface area contributed by atoms with E-state index in [0.717, 1.165) is 17.6 Å². The number of para-hydroxylation sites is 1. The molecule has 0 saturated heterocycles. The van der Waals surface area contributed by atoms with Crippen LogP contribution in [0.2, 0.25) is 0 Å². The first-order valence-electron chi connectivity index (χ1n) is 6.87. The molecule has 0 amide bonds. The molecular formula is C17H15N3S. The number of hydrogen-bond acceptors (Lipinski definition) is 2. The molecule has 1 atom stereocenters. The standard InChI is InChI=1S/C17H15N3S/c1-12(13-6-3-2-4-7-13)11-20-15-9-5-8-14(10-18)16(15)19-17(20)21/h2-9,12H,11H2,1H3,(H,19,21). The van der Waals surface area contributed by atoms with Crippen molar-refractivity contribution in [2.75, 3.05) is 0 Å². The molecule has 2 aromatic carbocycles. The van der Waals surface area contributed by atoms with Crippen molar-refractivity contribution in [1.29, 1.82) is 5.26 Å². The zero-order chi connectivity index (χ0) is 14.8. The van der Waals surface area contributed by atoms with Gasteiger partial charge < -0.3 is 9.55 Å². The van der Waals surface area contributed by atoms with Crippen molar-refractivity contribution in [3.05, 3.63) is 64.4 Å². The average molecular weight is 293 g/mol. The van der Waals surface area contributed by atoms with Gasteiger partial charge in [0.25, 0.3) is 0 Å². The van der Waals surface area contributed by atoms with Crippen LogP contribution in [-0.2, 0) is 6.54 Å². The third-order valence-electron chi connectivity index (χ3n) is 3.76. The molecule has 104 valence electrons. The maximum absolute atomic E-state index is 9.18. The summed E-state index contributed by atoms with van der Waals surface area (Å²) < 4.78 is 2.74. The number of aromatic nitrogens is 2. The highest BCUT2D eigenvalue weighted by atomic mass is 32.1. The highest BCUT2D eigenvalue weighted by Crippen LogP contribution is 2.23. The second kappa shape index (κ2) is 5.55. The molecular weight excluding hydrogens is 278 g/mol. The molecule has 0 fully saturated rings. The summed E-state index contributed by atoms with van der Waals surface area (Å²) in [4.78, 5) is 3.16. The first kappa shape index (κ1) is 13.6. The molecule has 3 aromatic rings. The minimum Gasteiger partial charge on any atom is -0.329 e. The van der Waals surface area contributed by atoms with E-state index < -0.39 is 0 Å². The molecule has 0 bridgehead atoms. The molecule has 3 nitrogen and oxygen atoms in total. The van der Waals surface area contributed by atoms with E-state index in [1.807, 2.05) is 30.3 Å². The van der Waals surface area contributed by atoms with Crippen LogP contribution in [0.1, 0.15) is 24.0 Å². The fourth-order valence-electron chi connectivity index (χ4n) is 2.62. The third kappa shape index (κ3) is 2.48. The molecule has 0 aliphatic heterocycles. The molecule has 21 heavy (non-hydrogen) atoms. The zero-order valence-corrected chi connectivity index (χ0v) is 12.5. The van der Waals surface area contributed by atoms with Crippen LogP contribution >= 0.6 is 12.2 Å². The molecule has 1 aromatic heterocycles. The van der Waals surface area contributed by atoms with Gasteiger partial charge in [-0.1, -0.05) is 43.3 Å². The van der Waals surface area contributed by atoms with Crippen molar-refractivity contribution < 1.29 is 0 Å². The number of nitrogens with zero attached hydrogens (tertiary/aromatic N) is 2. The predicted molar refractivity (Wildman–Crippen MR) is 86.7 cm³/mol. The van der Waals surface area contributed by atoms with Crippen molar-refractivity contribution in [3.63, 3.8) is 0 Å². The maximum atomic E-state index is 9.18. The van der Waals surface area contributed by atoms with Gasteiger partial charge in [-0.15, -0.1) is 0 Å². The van der Waals surface area contributed by atoms with Crippen LogP contribution in [-0.4, -0.2) is 9.55 Å². The Hall–Kier alpha value is -2.38. The molecule has 1 N–H and O–H groups in total. The van der Waals surface area contributed by atoms with Crippen LogP contribution in [0.4, 0.5) is 0 Å². The van der Waals surface area contributed by atoms with Gasteiger partial charge in [-0.2, -0.15) is 5.26 Å². The third-order valence-corrected chi connectivity index (χ3v) is 4.08. The van der Waals surface area contributed by atoms with Gasteiger partial charge in [0.05, 0.1) is 16.6 Å². The summed E-state index contributed by atoms with van der Waals surface area (Å²) in [6.07, 6.45) is 0. The normalized spacial score (nSPS) is 12.2. The molecule has 0 saturated carbocycles. The number of H-pyrrole nitrogens is 1. The van der Waals surface area contributed by atoms with Crippen molar-refractivity contribution in [3.8, 4) is 6.07 Å². The number of hydrogen-bond donors (Lipinski definition) is 1. The van der Waals surface area contributed by atoms with E-state index in [1.54, 1.807) is 6.07 Å². The van der Waals surface area contributed by atoms with E-state index in [9.17, 15) is 5.26 Å². The lowest BCUT2D eigenvalue weighted by atomic mass is 10.0. The quantitative estimate of drug-likeness (QED) is 0.729. The van der Waals surface area contributed by atoms with E-state index in [-0.39, 0.29) is 0 Å². The maximum Gasteiger partial charge on any atom is 0.178 e. The van der Waals surface area contributed by atoms with E-state index in [1.165, 1.54) is 5.56 Å². The summed E-state index contributed by atoms with van der Waals surface area (Å²) in [6.45, 7) is 2.97. The van der Waals surface area contributed by atoms with Gasteiger partial charge >= 0.3 is 0 Å². The predicted octanol–water partition coefficient (Wildman–Crippen LogP) is 4.37. The Balaban J connectivity index is 2.04. The Labute approximate surface area is 128 Å². The van der Waals surface area contributed by atoms with Gasteiger partial charge in [0.1, 0.15) is 6.07 Å². The summed E-state index contributed by atoms with van der Waals surface area (Å²) >= 11 is 5.43. The van der Waals surface area contributed by atoms with E-state index in [4.69, 9.17) is 12.2 Å². The van der Waals surface area contributed by atoms with Gasteiger partial charge in [-0.3, -0.25) is 0 Å². The molecule has 4 heteroatoms. The Morgan fingerprint density at radius 2 is 1.95 bits per heavy atom. The fraction of sp³-hybridized carbons (Fsp3) is 0.176. The number of aromatic amines is 1. The summed E-state index contributed by atoms with van der Waals surface area (Å²) in [5, 5.41) is 9.18. The van der Waals surface area contributed by atoms with Gasteiger partial charge in [0.2, 0.25) is 0 Å². The summed E-state index contributed by atoms with van der Waals surface area (Å²) in [6, 6.07) is 18.3. The smallest absolute Gasteiger partial charge is 0.178 e. The fourth-order valence-corrected chi connectivity index (χ4v) is 2.89. The molecule has 0 spiro atoms. The van der Waals surface area contributed by atoms with Crippen LogP contribution < -0.4 is 0 Å². The molecule has 0 aliphatic carbocycles. The highest BCUT2D eigenvalue weighted by molar-refractivity contribution is 7.71. The Kier molecular flexibility index (Phi) is 3.59. The van der Waals surface area contributed by atoms with Crippen LogP contribution in [0, 0.1) is 16.1 Å². The first-order chi connectivity index (χ1) is 10.2. The molecule has 0 radical (unpaired) electrons. The van der Waals surface area contributed by atoms with Gasteiger partial charge in [0, 0.05) is 6.54 Å². The summed E-state index contributed by atoms with van der Waals surface area (Å²) in [5.41, 5.74) is 3.72. The number of fused-ring (bicyclic) bond motifs is 1. The largest absolute Gasteiger partial charge is 0.329 e. The Morgan fingerprint density at radius 3 is 2.67 bits per heavy atom. The number of imidazole rings is 1. The molecule has 1 heterocycles. The van der Waals surface area contributed by atoms with Crippen LogP contribution in [0.15, 0.2) is 48.5 Å². The monoisotopic (exact) mass is 293 g/mol. The van der Waals surface area contributed by atoms with Crippen molar-refractivity contribution in [1.82, 2.24) is 9.55 Å². The van der Waals surface area contributed by atoms with Crippen molar-refractivity contribution >= 4 is 23.3 Å². The number of benzene rings is 2. The van der Waals surface area contributed by atoms with Crippen LogP contribution in [0.3, 0.4) is 0 Å². The summed E-state index contributed by atoms with van der Waals surface area (Å²) in [7, 11) is 0. The molecule has 0 aliphatic rings. The Morgan fingerprint density at radius 1 is 1.19 bits per heavy atom. The van der Waals surface area contributed by atoms with E-state index in [2.05, 4.69) is 34.7 Å². The lowest BCUT2D eigenvalue weighted by molar-refractivity contribution is 0.605. The average Bonchev–Trinajstić information content (AvgIpc) is 2.84. The molecule has 1 unspecified atom stereocenters. The van der Waals surface area contributed by atoms with Gasteiger partial charge in [0.15, 0.2) is 4.77 Å². The van der Waals surface area contributed by atoms with Gasteiger partial charge in [-0.05, 0) is 35.8 Å². The van der Waals surface area contributed by atoms with Gasteiger partial charge in [-0.25, -0.2) is 0 Å². The number of rotatable bonds is 3. The second-order valence-corrected chi connectivity index (χ2v) is 5.55. The van der Waals surface area contributed by atoms with Crippen LogP contribution in [0.5, 0.6) is 0 Å². The molecule has 3 rings (SSSR count). The lowest BCUT2D eigenvalue weighted by Gasteiger charge is -2.13. The first-order valence-corrected chi connectivity index (χ1v) is 7.28. The number of nitrogens with one attached hydrogen (secondary N) is 1. The van der Waals surface area contributed by atoms with Crippen LogP contribution in [0.25, 0.3) is 11.0 Å². The lowest BCUT2D eigenvalue weighted by Crippen LogP contribution is -2.06. The SMILES string of the molecule is CC(Cn1c(=S)[nH]c2c(C#N)cccc21)c1ccccc1.